The number of aromatic nitrogens is 2. The van der Waals surface area contributed by atoms with E-state index in [9.17, 15) is 5.11 Å². The Kier molecular flexibility index (Phi) is 5.35. The lowest BCUT2D eigenvalue weighted by Crippen LogP contribution is -2.35. The van der Waals surface area contributed by atoms with Crippen LogP contribution in [0.4, 0.5) is 5.82 Å². The Labute approximate surface area is 114 Å². The van der Waals surface area contributed by atoms with Gasteiger partial charge in [-0.2, -0.15) is 0 Å². The smallest absolute Gasteiger partial charge is 0.135 e. The van der Waals surface area contributed by atoms with Gasteiger partial charge in [-0.25, -0.2) is 9.97 Å². The van der Waals surface area contributed by atoms with Crippen LogP contribution in [0.25, 0.3) is 0 Å². The number of anilines is 1. The summed E-state index contributed by atoms with van der Waals surface area (Å²) in [4.78, 5) is 8.56. The van der Waals surface area contributed by atoms with Crippen molar-refractivity contribution >= 4 is 17.4 Å². The number of halogens is 1. The molecule has 1 aromatic rings. The molecule has 0 unspecified atom stereocenters. The van der Waals surface area contributed by atoms with Crippen molar-refractivity contribution in [1.82, 2.24) is 9.97 Å². The zero-order valence-corrected chi connectivity index (χ0v) is 12.3. The molecule has 4 nitrogen and oxygen atoms in total. The van der Waals surface area contributed by atoms with Crippen LogP contribution in [-0.2, 0) is 0 Å². The first-order valence-corrected chi connectivity index (χ1v) is 6.78. The summed E-state index contributed by atoms with van der Waals surface area (Å²) in [6, 6.07) is 1.68. The molecule has 0 amide bonds. The maximum absolute atomic E-state index is 10.2. The topological polar surface area (TPSA) is 58.0 Å². The van der Waals surface area contributed by atoms with Crippen molar-refractivity contribution in [2.24, 2.45) is 0 Å². The summed E-state index contributed by atoms with van der Waals surface area (Å²) < 4.78 is 0. The second-order valence-electron chi connectivity index (χ2n) is 4.87. The van der Waals surface area contributed by atoms with Gasteiger partial charge >= 0.3 is 0 Å². The Morgan fingerprint density at radius 2 is 1.94 bits per heavy atom. The Balaban J connectivity index is 2.79. The molecular formula is C13H22ClN3O. The highest BCUT2D eigenvalue weighted by Gasteiger charge is 2.22. The van der Waals surface area contributed by atoms with Crippen molar-refractivity contribution in [2.45, 2.75) is 52.1 Å². The zero-order chi connectivity index (χ0) is 13.8. The lowest BCUT2D eigenvalue weighted by Gasteiger charge is -2.25. The Morgan fingerprint density at radius 3 is 2.44 bits per heavy atom. The number of aliphatic hydroxyl groups is 1. The molecule has 0 saturated heterocycles. The minimum absolute atomic E-state index is 0.223. The standard InChI is InChI=1S/C13H22ClN3O/c1-5-13(18,6-2)8-15-11-7-10(14)16-12(17-11)9(3)4/h7,9,18H,5-6,8H2,1-4H3,(H,15,16,17). The number of rotatable bonds is 6. The molecule has 0 aliphatic carbocycles. The predicted octanol–water partition coefficient (Wildman–Crippen LogP) is 3.22. The minimum Gasteiger partial charge on any atom is -0.388 e. The van der Waals surface area contributed by atoms with Gasteiger partial charge in [0.2, 0.25) is 0 Å². The Morgan fingerprint density at radius 1 is 1.33 bits per heavy atom. The fourth-order valence-electron chi connectivity index (χ4n) is 1.54. The van der Waals surface area contributed by atoms with Crippen LogP contribution in [0.5, 0.6) is 0 Å². The van der Waals surface area contributed by atoms with Crippen LogP contribution >= 0.6 is 11.6 Å². The quantitative estimate of drug-likeness (QED) is 0.780. The molecule has 1 heterocycles. The number of hydrogen-bond donors (Lipinski definition) is 2. The molecule has 1 aromatic heterocycles. The average molecular weight is 272 g/mol. The molecule has 0 spiro atoms. The van der Waals surface area contributed by atoms with Gasteiger partial charge in [0.25, 0.3) is 0 Å². The van der Waals surface area contributed by atoms with Crippen LogP contribution in [0.15, 0.2) is 6.07 Å². The molecule has 0 aliphatic rings. The van der Waals surface area contributed by atoms with Crippen molar-refractivity contribution in [3.05, 3.63) is 17.0 Å². The third-order valence-corrected chi connectivity index (χ3v) is 3.34. The monoisotopic (exact) mass is 271 g/mol. The summed E-state index contributed by atoms with van der Waals surface area (Å²) in [5.41, 5.74) is -0.699. The lowest BCUT2D eigenvalue weighted by molar-refractivity contribution is 0.0456. The normalized spacial score (nSPS) is 11.9. The molecule has 18 heavy (non-hydrogen) atoms. The van der Waals surface area contributed by atoms with Crippen LogP contribution in [0.2, 0.25) is 5.15 Å². The van der Waals surface area contributed by atoms with Crippen LogP contribution in [-0.4, -0.2) is 27.2 Å². The van der Waals surface area contributed by atoms with Crippen LogP contribution < -0.4 is 5.32 Å². The summed E-state index contributed by atoms with van der Waals surface area (Å²) in [6.45, 7) is 8.44. The Hall–Kier alpha value is -0.870. The van der Waals surface area contributed by atoms with Crippen molar-refractivity contribution in [3.8, 4) is 0 Å². The van der Waals surface area contributed by atoms with Crippen molar-refractivity contribution < 1.29 is 5.11 Å². The molecule has 0 saturated carbocycles. The molecule has 0 aromatic carbocycles. The fraction of sp³-hybridized carbons (Fsp3) is 0.692. The molecule has 0 bridgehead atoms. The van der Waals surface area contributed by atoms with Gasteiger partial charge < -0.3 is 10.4 Å². The molecular weight excluding hydrogens is 250 g/mol. The van der Waals surface area contributed by atoms with Crippen molar-refractivity contribution in [1.29, 1.82) is 0 Å². The SMILES string of the molecule is CCC(O)(CC)CNc1cc(Cl)nc(C(C)C)n1. The summed E-state index contributed by atoms with van der Waals surface area (Å²) in [6.07, 6.45) is 1.40. The highest BCUT2D eigenvalue weighted by Crippen LogP contribution is 2.19. The van der Waals surface area contributed by atoms with Crippen LogP contribution in [0, 0.1) is 0 Å². The third-order valence-electron chi connectivity index (χ3n) is 3.14. The average Bonchev–Trinajstić information content (AvgIpc) is 2.35. The molecule has 0 atom stereocenters. The fourth-order valence-corrected chi connectivity index (χ4v) is 1.73. The van der Waals surface area contributed by atoms with Gasteiger partial charge in [-0.3, -0.25) is 0 Å². The molecule has 102 valence electrons. The van der Waals surface area contributed by atoms with E-state index < -0.39 is 5.60 Å². The maximum atomic E-state index is 10.2. The van der Waals surface area contributed by atoms with Gasteiger partial charge in [0.15, 0.2) is 0 Å². The van der Waals surface area contributed by atoms with Gasteiger partial charge in [-0.1, -0.05) is 39.3 Å². The first-order valence-electron chi connectivity index (χ1n) is 6.41. The van der Waals surface area contributed by atoms with Gasteiger partial charge in [-0.05, 0) is 12.8 Å². The van der Waals surface area contributed by atoms with Gasteiger partial charge in [0, 0.05) is 18.5 Å². The number of hydrogen-bond acceptors (Lipinski definition) is 4. The molecule has 5 heteroatoms. The highest BCUT2D eigenvalue weighted by molar-refractivity contribution is 6.29. The van der Waals surface area contributed by atoms with Crippen molar-refractivity contribution in [3.63, 3.8) is 0 Å². The zero-order valence-electron chi connectivity index (χ0n) is 11.5. The lowest BCUT2D eigenvalue weighted by atomic mass is 9.98. The summed E-state index contributed by atoms with van der Waals surface area (Å²) in [5, 5.41) is 13.8. The predicted molar refractivity (Wildman–Crippen MR) is 75.2 cm³/mol. The van der Waals surface area contributed by atoms with E-state index in [1.54, 1.807) is 6.07 Å². The molecule has 0 radical (unpaired) electrons. The van der Waals surface area contributed by atoms with E-state index in [2.05, 4.69) is 15.3 Å². The van der Waals surface area contributed by atoms with Crippen molar-refractivity contribution in [2.75, 3.05) is 11.9 Å². The second kappa shape index (κ2) is 6.34. The van der Waals surface area contributed by atoms with Gasteiger partial charge in [0.05, 0.1) is 5.60 Å². The second-order valence-corrected chi connectivity index (χ2v) is 5.26. The molecule has 1 rings (SSSR count). The molecule has 0 aliphatic heterocycles. The van der Waals surface area contributed by atoms with E-state index >= 15 is 0 Å². The van der Waals surface area contributed by atoms with E-state index in [1.807, 2.05) is 27.7 Å². The molecule has 0 fully saturated rings. The maximum Gasteiger partial charge on any atom is 0.135 e. The summed E-state index contributed by atoms with van der Waals surface area (Å²) in [5.74, 6) is 1.60. The third kappa shape index (κ3) is 4.10. The highest BCUT2D eigenvalue weighted by atomic mass is 35.5. The van der Waals surface area contributed by atoms with E-state index in [0.29, 0.717) is 36.2 Å². The summed E-state index contributed by atoms with van der Waals surface area (Å²) in [7, 11) is 0. The van der Waals surface area contributed by atoms with E-state index in [4.69, 9.17) is 11.6 Å². The van der Waals surface area contributed by atoms with E-state index in [1.165, 1.54) is 0 Å². The number of nitrogens with one attached hydrogen (secondary N) is 1. The van der Waals surface area contributed by atoms with Gasteiger partial charge in [-0.15, -0.1) is 0 Å². The first-order chi connectivity index (χ1) is 8.40. The summed E-state index contributed by atoms with van der Waals surface area (Å²) >= 11 is 5.96. The number of nitrogens with zero attached hydrogens (tertiary/aromatic N) is 2. The minimum atomic E-state index is -0.699. The van der Waals surface area contributed by atoms with Crippen LogP contribution in [0.1, 0.15) is 52.3 Å². The van der Waals surface area contributed by atoms with Crippen LogP contribution in [0.3, 0.4) is 0 Å². The van der Waals surface area contributed by atoms with E-state index in [0.717, 1.165) is 0 Å². The first kappa shape index (κ1) is 15.2. The van der Waals surface area contributed by atoms with E-state index in [-0.39, 0.29) is 5.92 Å². The Bertz CT molecular complexity index is 392. The van der Waals surface area contributed by atoms with Gasteiger partial charge in [0.1, 0.15) is 16.8 Å². The largest absolute Gasteiger partial charge is 0.388 e. The molecule has 2 N–H and O–H groups in total.